The third-order valence-corrected chi connectivity index (χ3v) is 9.86. The molecule has 1 aromatic heterocycles. The summed E-state index contributed by atoms with van der Waals surface area (Å²) in [6.07, 6.45) is 3.08. The molecule has 12 heteroatoms. The Kier molecular flexibility index (Phi) is 7.71. The number of likely N-dealkylation sites (tertiary alicyclic amines) is 1. The van der Waals surface area contributed by atoms with Gasteiger partial charge in [0.1, 0.15) is 17.5 Å². The molecule has 2 amide bonds. The fraction of sp³-hybridized carbons (Fsp3) is 0.533. The molecule has 2 saturated carbocycles. The predicted octanol–water partition coefficient (Wildman–Crippen LogP) is 3.76. The number of amides is 2. The number of aromatic nitrogens is 1. The molecule has 2 unspecified atom stereocenters. The van der Waals surface area contributed by atoms with Gasteiger partial charge < -0.3 is 14.2 Å². The van der Waals surface area contributed by atoms with Crippen LogP contribution in [0.2, 0.25) is 0 Å². The summed E-state index contributed by atoms with van der Waals surface area (Å²) < 4.78 is 44.5. The quantitative estimate of drug-likeness (QED) is 0.404. The molecule has 4 atom stereocenters. The van der Waals surface area contributed by atoms with Crippen LogP contribution in [0.15, 0.2) is 43.1 Å². The molecule has 1 aromatic carbocycles. The van der Waals surface area contributed by atoms with Crippen molar-refractivity contribution in [3.05, 3.63) is 43.1 Å². The first-order chi connectivity index (χ1) is 19.8. The van der Waals surface area contributed by atoms with Crippen molar-refractivity contribution in [3.63, 3.8) is 0 Å². The van der Waals surface area contributed by atoms with E-state index in [1.165, 1.54) is 4.90 Å². The summed E-state index contributed by atoms with van der Waals surface area (Å²) in [6.45, 7) is 9.03. The van der Waals surface area contributed by atoms with E-state index in [-0.39, 0.29) is 31.1 Å². The van der Waals surface area contributed by atoms with Crippen molar-refractivity contribution in [1.82, 2.24) is 14.6 Å². The summed E-state index contributed by atoms with van der Waals surface area (Å²) in [5.41, 5.74) is -2.03. The van der Waals surface area contributed by atoms with E-state index in [1.807, 2.05) is 24.3 Å². The largest absolute Gasteiger partial charge is 0.494 e. The highest BCUT2D eigenvalue weighted by atomic mass is 32.2. The van der Waals surface area contributed by atoms with Crippen molar-refractivity contribution >= 4 is 38.6 Å². The molecule has 3 aliphatic rings. The number of nitrogens with one attached hydrogen (secondary N) is 1. The maximum atomic E-state index is 13.9. The van der Waals surface area contributed by atoms with E-state index in [0.717, 1.165) is 10.8 Å². The molecule has 1 aliphatic heterocycles. The SMILES string of the molecule is C=C[C@@H]1C[C@]1(CC(=O)C1CC(Oc2ncc(OC)c3ccccc23)CN1C(=O)OC(C)(C)C)C(=O)NS(=O)(=O)C1CC1. The highest BCUT2D eigenvalue weighted by Crippen LogP contribution is 2.57. The fourth-order valence-corrected chi connectivity index (χ4v) is 6.96. The summed E-state index contributed by atoms with van der Waals surface area (Å²) in [6, 6.07) is 6.52. The number of fused-ring (bicyclic) bond motifs is 1. The molecule has 11 nitrogen and oxygen atoms in total. The molecular formula is C30H37N3O8S. The van der Waals surface area contributed by atoms with Crippen molar-refractivity contribution in [2.75, 3.05) is 13.7 Å². The molecule has 0 spiro atoms. The van der Waals surface area contributed by atoms with Crippen molar-refractivity contribution in [3.8, 4) is 11.6 Å². The summed E-state index contributed by atoms with van der Waals surface area (Å²) >= 11 is 0. The number of carbonyl (C=O) groups is 3. The zero-order chi connectivity index (χ0) is 30.4. The van der Waals surface area contributed by atoms with Crippen LogP contribution in [0.3, 0.4) is 0 Å². The van der Waals surface area contributed by atoms with Gasteiger partial charge in [-0.15, -0.1) is 6.58 Å². The number of ether oxygens (including phenoxy) is 3. The van der Waals surface area contributed by atoms with Crippen molar-refractivity contribution in [1.29, 1.82) is 0 Å². The Bertz CT molecular complexity index is 1530. The van der Waals surface area contributed by atoms with Gasteiger partial charge in [0.15, 0.2) is 5.78 Å². The van der Waals surface area contributed by atoms with E-state index in [0.29, 0.717) is 30.9 Å². The van der Waals surface area contributed by atoms with Crippen molar-refractivity contribution < 1.29 is 37.0 Å². The first-order valence-electron chi connectivity index (χ1n) is 14.1. The Labute approximate surface area is 245 Å². The predicted molar refractivity (Wildman–Crippen MR) is 155 cm³/mol. The molecule has 0 bridgehead atoms. The third kappa shape index (κ3) is 5.95. The minimum Gasteiger partial charge on any atom is -0.494 e. The first kappa shape index (κ1) is 29.8. The summed E-state index contributed by atoms with van der Waals surface area (Å²) in [4.78, 5) is 46.1. The van der Waals surface area contributed by atoms with Gasteiger partial charge in [0, 0.05) is 23.6 Å². The highest BCUT2D eigenvalue weighted by Gasteiger charge is 2.61. The second-order valence-corrected chi connectivity index (χ2v) is 14.3. The molecular weight excluding hydrogens is 562 g/mol. The number of ketones is 1. The number of pyridine rings is 1. The van der Waals surface area contributed by atoms with E-state index in [2.05, 4.69) is 16.3 Å². The Morgan fingerprint density at radius 1 is 1.19 bits per heavy atom. The van der Waals surface area contributed by atoms with Gasteiger partial charge in [-0.3, -0.25) is 19.2 Å². The first-order valence-corrected chi connectivity index (χ1v) is 15.6. The van der Waals surface area contributed by atoms with Gasteiger partial charge >= 0.3 is 6.09 Å². The van der Waals surface area contributed by atoms with Crippen LogP contribution in [0.25, 0.3) is 10.8 Å². The van der Waals surface area contributed by atoms with Crippen LogP contribution in [0, 0.1) is 11.3 Å². The maximum absolute atomic E-state index is 13.9. The lowest BCUT2D eigenvalue weighted by molar-refractivity contribution is -0.131. The van der Waals surface area contributed by atoms with Gasteiger partial charge in [-0.05, 0) is 52.0 Å². The Morgan fingerprint density at radius 2 is 1.88 bits per heavy atom. The number of hydrogen-bond donors (Lipinski definition) is 1. The van der Waals surface area contributed by atoms with Crippen LogP contribution >= 0.6 is 0 Å². The lowest BCUT2D eigenvalue weighted by Crippen LogP contribution is -2.46. The highest BCUT2D eigenvalue weighted by molar-refractivity contribution is 7.90. The minimum atomic E-state index is -3.79. The molecule has 2 heterocycles. The zero-order valence-corrected chi connectivity index (χ0v) is 25.1. The van der Waals surface area contributed by atoms with E-state index in [1.54, 1.807) is 40.2 Å². The molecule has 2 aliphatic carbocycles. The Hall–Kier alpha value is -3.67. The lowest BCUT2D eigenvalue weighted by Gasteiger charge is -2.28. The minimum absolute atomic E-state index is 0.0630. The van der Waals surface area contributed by atoms with Crippen LogP contribution in [-0.4, -0.2) is 72.7 Å². The molecule has 0 radical (unpaired) electrons. The van der Waals surface area contributed by atoms with E-state index < -0.39 is 50.4 Å². The zero-order valence-electron chi connectivity index (χ0n) is 24.3. The van der Waals surface area contributed by atoms with Crippen LogP contribution < -0.4 is 14.2 Å². The summed E-state index contributed by atoms with van der Waals surface area (Å²) in [5.74, 6) is -0.502. The number of nitrogens with zero attached hydrogens (tertiary/aromatic N) is 2. The number of sulfonamides is 1. The molecule has 1 N–H and O–H groups in total. The standard InChI is InChI=1S/C30H37N3O8S/c1-6-18-14-30(18,27(35)32-42(37,38)20-11-12-20)15-24(34)23-13-19(17-33(23)28(36)41-29(2,3)4)40-26-22-10-8-7-9-21(22)25(39-5)16-31-26/h6-10,16,18-20,23H,1,11-15,17H2,2-5H3,(H,32,35)/t18-,19?,23?,30-/m1/s1. The number of benzene rings is 1. The number of allylic oxidation sites excluding steroid dienone is 1. The average molecular weight is 600 g/mol. The third-order valence-electron chi connectivity index (χ3n) is 8.04. The second kappa shape index (κ2) is 10.9. The summed E-state index contributed by atoms with van der Waals surface area (Å²) in [7, 11) is -2.24. The van der Waals surface area contributed by atoms with E-state index >= 15 is 0 Å². The van der Waals surface area contributed by atoms with Gasteiger partial charge in [0.2, 0.25) is 21.8 Å². The molecule has 226 valence electrons. The van der Waals surface area contributed by atoms with Crippen LogP contribution in [-0.2, 0) is 24.3 Å². The van der Waals surface area contributed by atoms with Gasteiger partial charge in [-0.2, -0.15) is 0 Å². The van der Waals surface area contributed by atoms with Crippen molar-refractivity contribution in [2.24, 2.45) is 11.3 Å². The Morgan fingerprint density at radius 3 is 2.48 bits per heavy atom. The van der Waals surface area contributed by atoms with Gasteiger partial charge in [0.25, 0.3) is 0 Å². The maximum Gasteiger partial charge on any atom is 0.411 e. The molecule has 2 aromatic rings. The fourth-order valence-electron chi connectivity index (χ4n) is 5.57. The van der Waals surface area contributed by atoms with E-state index in [4.69, 9.17) is 14.2 Å². The normalized spacial score (nSPS) is 25.5. The number of carbonyl (C=O) groups excluding carboxylic acids is 3. The topological polar surface area (TPSA) is 141 Å². The molecule has 1 saturated heterocycles. The molecule has 3 fully saturated rings. The van der Waals surface area contributed by atoms with Gasteiger partial charge in [-0.25, -0.2) is 18.2 Å². The molecule has 42 heavy (non-hydrogen) atoms. The number of rotatable bonds is 10. The lowest BCUT2D eigenvalue weighted by atomic mass is 9.91. The second-order valence-electron chi connectivity index (χ2n) is 12.3. The smallest absolute Gasteiger partial charge is 0.411 e. The van der Waals surface area contributed by atoms with Crippen LogP contribution in [0.5, 0.6) is 11.6 Å². The number of methoxy groups -OCH3 is 1. The van der Waals surface area contributed by atoms with Crippen LogP contribution in [0.1, 0.15) is 52.9 Å². The number of Topliss-reactive ketones (excluding diaryl/α,β-unsaturated/α-hetero) is 1. The monoisotopic (exact) mass is 599 g/mol. The van der Waals surface area contributed by atoms with Crippen molar-refractivity contribution in [2.45, 2.75) is 75.9 Å². The molecule has 5 rings (SSSR count). The van der Waals surface area contributed by atoms with Gasteiger partial charge in [-0.1, -0.05) is 24.3 Å². The summed E-state index contributed by atoms with van der Waals surface area (Å²) in [5, 5.41) is 0.945. The Balaban J connectivity index is 1.38. The van der Waals surface area contributed by atoms with Gasteiger partial charge in [0.05, 0.1) is 36.6 Å². The van der Waals surface area contributed by atoms with Crippen LogP contribution in [0.4, 0.5) is 4.79 Å². The van der Waals surface area contributed by atoms with E-state index in [9.17, 15) is 22.8 Å². The number of hydrogen-bond acceptors (Lipinski definition) is 9. The average Bonchev–Trinajstić information content (AvgIpc) is 3.85.